The van der Waals surface area contributed by atoms with Crippen molar-refractivity contribution in [2.45, 2.75) is 174 Å². The van der Waals surface area contributed by atoms with Crippen LogP contribution in [-0.2, 0) is 104 Å². The van der Waals surface area contributed by atoms with Gasteiger partial charge in [0.15, 0.2) is 0 Å². The standard InChI is InChI=1S/C48H61ClN2O11S2.C11H11NOS.C10H13NO.C7H10N2/c1-28-11-10-12-38(59-9)48(57)26-37(60-42(55)27-48)30(3)45-47(5,62-45)39(25-41(54)51(7)35-23-34(21-28)24-36(58-8)44(35)49)61-46(56)31(4)50(6)40(53)19-20-64-43(63)18-17-32-13-15-33(16-14-32)22-29(2)52;1-9(13)6-10-2-4-11(5-3-10)7-12-8-14;1-8(12)6-9-2-4-10(7-11)5-3-9;8-5-6-1-3-7(9)4-2-6/h10-16,23-24,30-31,37-39,45,57H,17-22,25-27H2,1-9H3;2-5H,6-7H2,1H3;2-5H,6-7,11H2,1H3;1-4H,5,8-9H2/b12-10+,28-11+;;;/t30-,31+,37+,38-,39+,45+,47+,48-;;;/m1.../s1. The number of nitrogens with zero attached hydrogens (tertiary/aromatic N) is 3. The van der Waals surface area contributed by atoms with Gasteiger partial charge in [0, 0.05) is 88.0 Å². The number of amides is 2. The van der Waals surface area contributed by atoms with Crippen LogP contribution in [0.2, 0.25) is 5.02 Å². The molecular formula is C76H95ClN6O13S3. The van der Waals surface area contributed by atoms with Crippen molar-refractivity contribution in [2.24, 2.45) is 22.4 Å². The summed E-state index contributed by atoms with van der Waals surface area (Å²) in [6, 6.07) is 33.6. The Kier molecular flexibility index (Phi) is 33.2. The van der Waals surface area contributed by atoms with E-state index < -0.39 is 65.4 Å². The fraction of sp³-hybridized carbons (Fsp3) is 0.434. The lowest BCUT2D eigenvalue weighted by Gasteiger charge is -2.41. The lowest BCUT2D eigenvalue weighted by atomic mass is 9.78. The molecule has 0 aromatic heterocycles. The molecule has 7 N–H and O–H groups in total. The fourth-order valence-corrected chi connectivity index (χ4v) is 12.7. The lowest BCUT2D eigenvalue weighted by Crippen LogP contribution is -2.53. The second-order valence-electron chi connectivity index (χ2n) is 25.3. The number of hydrogen-bond acceptors (Lipinski definition) is 20. The quantitative estimate of drug-likeness (QED) is 0.0175. The Labute approximate surface area is 602 Å². The first-order valence-corrected chi connectivity index (χ1v) is 34.9. The number of epoxide rings is 1. The number of Topliss-reactive ketones (excluding diaryl/α,β-unsaturated/α-hetero) is 3. The summed E-state index contributed by atoms with van der Waals surface area (Å²) in [4.78, 5) is 94.3. The number of benzene rings is 5. The van der Waals surface area contributed by atoms with Crippen LogP contribution < -0.4 is 26.8 Å². The summed E-state index contributed by atoms with van der Waals surface area (Å²) in [5.41, 5.74) is 23.8. The Morgan fingerprint density at radius 1 is 0.838 bits per heavy atom. The highest BCUT2D eigenvalue weighted by molar-refractivity contribution is 8.23. The first kappa shape index (κ1) is 82.1. The summed E-state index contributed by atoms with van der Waals surface area (Å²) in [5.74, 6) is -1.32. The van der Waals surface area contributed by atoms with Gasteiger partial charge in [0.1, 0.15) is 63.7 Å². The largest absolute Gasteiger partial charge is 0.495 e. The number of aliphatic imine (C=N–C) groups is 1. The van der Waals surface area contributed by atoms with Gasteiger partial charge in [-0.1, -0.05) is 139 Å². The van der Waals surface area contributed by atoms with E-state index in [1.807, 2.05) is 117 Å². The SMILES string of the molecule is CC(=O)Cc1ccc(CN)cc1.CC(=O)Cc1ccc(CN=C=S)cc1.COc1cc2cc(c1Cl)N(C)C(=O)C[C@H](OC(=O)[C@H](C)N(C)C(=O)CCSC(=S)CCc1ccc(CC(C)=O)cc1)[C@]1(C)O[C@H]1[C@H](C)[C@@H]1C[C@@](O)(CC(=O)O1)[C@H](OC)/C=C/C=C(\C)C2.NCc1ccc(N)cc1. The van der Waals surface area contributed by atoms with Crippen LogP contribution in [0.25, 0.3) is 0 Å². The Morgan fingerprint density at radius 2 is 1.36 bits per heavy atom. The molecule has 5 aromatic rings. The van der Waals surface area contributed by atoms with E-state index in [9.17, 15) is 38.7 Å². The third-order valence-corrected chi connectivity index (χ3v) is 19.2. The van der Waals surface area contributed by atoms with Crippen LogP contribution in [0.15, 0.2) is 138 Å². The number of likely N-dealkylation sites (N-methyl/N-ethyl adjacent to an activating group) is 1. The number of ketones is 3. The van der Waals surface area contributed by atoms with Gasteiger partial charge in [-0.15, -0.1) is 11.8 Å². The molecule has 2 amide bonds. The summed E-state index contributed by atoms with van der Waals surface area (Å²) < 4.78 is 30.4. The van der Waals surface area contributed by atoms with E-state index in [2.05, 4.69) is 22.4 Å². The monoisotopic (exact) mass is 1430 g/mol. The van der Waals surface area contributed by atoms with Crippen LogP contribution in [-0.4, -0.2) is 136 Å². The number of fused-ring (bicyclic) bond motifs is 5. The van der Waals surface area contributed by atoms with Gasteiger partial charge in [-0.2, -0.15) is 0 Å². The molecule has 19 nitrogen and oxygen atoms in total. The van der Waals surface area contributed by atoms with Crippen molar-refractivity contribution in [1.82, 2.24) is 4.90 Å². The Morgan fingerprint density at radius 3 is 1.88 bits per heavy atom. The Hall–Kier alpha value is -7.60. The lowest BCUT2D eigenvalue weighted by molar-refractivity contribution is -0.187. The number of thiocarbonyl (C=S) groups is 2. The molecule has 0 aliphatic carbocycles. The maximum atomic E-state index is 14.3. The maximum Gasteiger partial charge on any atom is 0.328 e. The topological polar surface area (TPSA) is 286 Å². The number of halogens is 1. The minimum Gasteiger partial charge on any atom is -0.495 e. The number of ether oxygens (including phenoxy) is 5. The second kappa shape index (κ2) is 40.0. The zero-order valence-electron chi connectivity index (χ0n) is 58.5. The number of nitrogens with two attached hydrogens (primary N) is 3. The number of rotatable bonds is 21. The molecule has 0 saturated carbocycles. The summed E-state index contributed by atoms with van der Waals surface area (Å²) in [6.07, 6.45) is 4.72. The molecule has 8 rings (SSSR count). The molecule has 99 heavy (non-hydrogen) atoms. The van der Waals surface area contributed by atoms with Gasteiger partial charge in [-0.25, -0.2) is 9.79 Å². The van der Waals surface area contributed by atoms with E-state index in [1.54, 1.807) is 66.0 Å². The molecule has 532 valence electrons. The molecule has 23 heteroatoms. The van der Waals surface area contributed by atoms with Crippen LogP contribution in [0, 0.1) is 5.92 Å². The second-order valence-corrected chi connectivity index (χ2v) is 27.8. The molecular weight excluding hydrogens is 1340 g/mol. The van der Waals surface area contributed by atoms with Gasteiger partial charge in [0.25, 0.3) is 0 Å². The third kappa shape index (κ3) is 26.1. The van der Waals surface area contributed by atoms with Crippen molar-refractivity contribution in [3.8, 4) is 5.75 Å². The molecule has 4 bridgehead atoms. The van der Waals surface area contributed by atoms with Crippen molar-refractivity contribution >= 4 is 110 Å². The number of thioether (sulfide) groups is 1. The van der Waals surface area contributed by atoms with Crippen LogP contribution in [0.3, 0.4) is 0 Å². The number of allylic oxidation sites excluding steroid dienone is 3. The highest BCUT2D eigenvalue weighted by Gasteiger charge is 2.64. The number of aliphatic hydroxyl groups is 1. The molecule has 3 aliphatic rings. The van der Waals surface area contributed by atoms with Crippen LogP contribution >= 0.6 is 47.8 Å². The zero-order valence-corrected chi connectivity index (χ0v) is 61.7. The van der Waals surface area contributed by atoms with Crippen molar-refractivity contribution in [1.29, 1.82) is 0 Å². The van der Waals surface area contributed by atoms with Gasteiger partial charge < -0.3 is 55.8 Å². The molecule has 2 saturated heterocycles. The number of nitrogen functional groups attached to an aromatic ring is 1. The molecule has 0 spiro atoms. The van der Waals surface area contributed by atoms with Crippen molar-refractivity contribution in [3.05, 3.63) is 183 Å². The van der Waals surface area contributed by atoms with Crippen molar-refractivity contribution < 1.29 is 62.4 Å². The van der Waals surface area contributed by atoms with E-state index in [0.29, 0.717) is 68.9 Å². The van der Waals surface area contributed by atoms with Crippen LogP contribution in [0.5, 0.6) is 5.75 Å². The smallest absolute Gasteiger partial charge is 0.328 e. The summed E-state index contributed by atoms with van der Waals surface area (Å²) in [7, 11) is 6.07. The molecule has 5 aromatic carbocycles. The van der Waals surface area contributed by atoms with E-state index in [-0.39, 0.29) is 54.0 Å². The summed E-state index contributed by atoms with van der Waals surface area (Å²) in [5, 5.41) is 14.5. The summed E-state index contributed by atoms with van der Waals surface area (Å²) >= 11 is 18.3. The minimum atomic E-state index is -1.60. The van der Waals surface area contributed by atoms with E-state index in [1.165, 1.54) is 42.8 Å². The number of isothiocyanates is 1. The third-order valence-electron chi connectivity index (χ3n) is 17.2. The van der Waals surface area contributed by atoms with Gasteiger partial charge in [-0.3, -0.25) is 28.8 Å². The predicted octanol–water partition coefficient (Wildman–Crippen LogP) is 11.4. The van der Waals surface area contributed by atoms with Crippen molar-refractivity contribution in [3.63, 3.8) is 0 Å². The average molecular weight is 1430 g/mol. The predicted molar refractivity (Wildman–Crippen MR) is 398 cm³/mol. The molecule has 2 fully saturated rings. The summed E-state index contributed by atoms with van der Waals surface area (Å²) in [6.45, 7) is 13.5. The first-order chi connectivity index (χ1) is 47.0. The molecule has 3 aliphatic heterocycles. The Balaban J connectivity index is 0.000000403. The number of anilines is 2. The van der Waals surface area contributed by atoms with Gasteiger partial charge in [-0.05, 0) is 142 Å². The number of aryl methyl sites for hydroxylation is 1. The molecule has 0 radical (unpaired) electrons. The maximum absolute atomic E-state index is 14.3. The number of carbonyl (C=O) groups excluding carboxylic acids is 7. The van der Waals surface area contributed by atoms with Gasteiger partial charge in [0.2, 0.25) is 11.8 Å². The van der Waals surface area contributed by atoms with Crippen LogP contribution in [0.4, 0.5) is 11.4 Å². The Bertz CT molecular complexity index is 3680. The first-order valence-electron chi connectivity index (χ1n) is 32.7. The fourth-order valence-electron chi connectivity index (χ4n) is 11.2. The van der Waals surface area contributed by atoms with E-state index >= 15 is 0 Å². The average Bonchev–Trinajstić information content (AvgIpc) is 1.57. The molecule has 0 unspecified atom stereocenters. The highest BCUT2D eigenvalue weighted by Crippen LogP contribution is 2.50. The number of hydrogen-bond donors (Lipinski definition) is 4. The van der Waals surface area contributed by atoms with Gasteiger partial charge >= 0.3 is 11.9 Å². The molecule has 3 heterocycles. The van der Waals surface area contributed by atoms with Crippen molar-refractivity contribution in [2.75, 3.05) is 44.7 Å². The number of esters is 2. The number of methoxy groups -OCH3 is 2. The normalized spacial score (nSPS) is 21.3. The minimum absolute atomic E-state index is 0.0432. The highest BCUT2D eigenvalue weighted by atomic mass is 35.5. The van der Waals surface area contributed by atoms with Crippen LogP contribution in [0.1, 0.15) is 125 Å². The zero-order chi connectivity index (χ0) is 73.1. The van der Waals surface area contributed by atoms with E-state index in [4.69, 9.17) is 64.7 Å². The van der Waals surface area contributed by atoms with E-state index in [0.717, 1.165) is 66.4 Å². The number of carbonyl (C=O) groups is 7. The molecule has 8 atom stereocenters. The van der Waals surface area contributed by atoms with Gasteiger partial charge in [0.05, 0.1) is 43.4 Å².